The molecule has 8 heteroatoms. The molecule has 6 rings (SSSR count). The smallest absolute Gasteiger partial charge is 0.290 e. The highest BCUT2D eigenvalue weighted by molar-refractivity contribution is 5.92. The molecule has 0 aliphatic carbocycles. The number of nitrogens with zero attached hydrogens (tertiary/aromatic N) is 2. The van der Waals surface area contributed by atoms with Crippen LogP contribution in [0.1, 0.15) is 71.1 Å². The number of hydrogen-bond donors (Lipinski definition) is 0. The number of ether oxygens (including phenoxy) is 4. The van der Waals surface area contributed by atoms with E-state index in [1.807, 2.05) is 4.90 Å². The Kier molecular flexibility index (Phi) is 8.08. The van der Waals surface area contributed by atoms with Crippen LogP contribution in [0, 0.1) is 11.8 Å². The average Bonchev–Trinajstić information content (AvgIpc) is 3.58. The van der Waals surface area contributed by atoms with Gasteiger partial charge >= 0.3 is 0 Å². The molecule has 0 bridgehead atoms. The molecule has 3 aromatic rings. The summed E-state index contributed by atoms with van der Waals surface area (Å²) in [6, 6.07) is 12.3. The zero-order valence-corrected chi connectivity index (χ0v) is 25.4. The van der Waals surface area contributed by atoms with Gasteiger partial charge in [0.1, 0.15) is 0 Å². The number of furan rings is 1. The molecular formula is C34H42N2O6. The summed E-state index contributed by atoms with van der Waals surface area (Å²) in [7, 11) is 6.74. The van der Waals surface area contributed by atoms with Crippen molar-refractivity contribution < 1.29 is 28.2 Å². The van der Waals surface area contributed by atoms with Crippen LogP contribution in [0.5, 0.6) is 23.0 Å². The van der Waals surface area contributed by atoms with Crippen LogP contribution in [-0.4, -0.2) is 63.8 Å². The van der Waals surface area contributed by atoms with Crippen LogP contribution in [0.2, 0.25) is 0 Å². The molecule has 0 saturated carbocycles. The van der Waals surface area contributed by atoms with Gasteiger partial charge in [0.05, 0.1) is 40.7 Å². The van der Waals surface area contributed by atoms with Gasteiger partial charge < -0.3 is 28.3 Å². The number of hydrogen-bond acceptors (Lipinski definition) is 7. The van der Waals surface area contributed by atoms with Crippen LogP contribution < -0.4 is 18.9 Å². The fraction of sp³-hybridized carbons (Fsp3) is 0.500. The van der Waals surface area contributed by atoms with Crippen molar-refractivity contribution in [1.29, 1.82) is 0 Å². The molecule has 4 atom stereocenters. The molecule has 1 saturated heterocycles. The molecule has 3 aliphatic rings. The molecule has 0 unspecified atom stereocenters. The van der Waals surface area contributed by atoms with Crippen molar-refractivity contribution in [1.82, 2.24) is 9.80 Å². The summed E-state index contributed by atoms with van der Waals surface area (Å²) in [6.07, 6.45) is 6.34. The Bertz CT molecular complexity index is 1420. The third-order valence-corrected chi connectivity index (χ3v) is 9.82. The van der Waals surface area contributed by atoms with Crippen LogP contribution in [0.15, 0.2) is 47.1 Å². The lowest BCUT2D eigenvalue weighted by atomic mass is 9.72. The number of carbonyl (C=O) groups excluding carboxylic acids is 1. The Labute approximate surface area is 248 Å². The minimum absolute atomic E-state index is 0.0595. The summed E-state index contributed by atoms with van der Waals surface area (Å²) in [5.74, 6) is 4.27. The predicted molar refractivity (Wildman–Crippen MR) is 160 cm³/mol. The van der Waals surface area contributed by atoms with E-state index in [1.54, 1.807) is 46.8 Å². The van der Waals surface area contributed by atoms with Gasteiger partial charge in [0.15, 0.2) is 28.8 Å². The Morgan fingerprint density at radius 1 is 0.857 bits per heavy atom. The zero-order chi connectivity index (χ0) is 29.4. The van der Waals surface area contributed by atoms with E-state index in [-0.39, 0.29) is 11.9 Å². The molecule has 2 aromatic carbocycles. The van der Waals surface area contributed by atoms with Gasteiger partial charge in [-0.1, -0.05) is 13.3 Å². The standard InChI is InChI=1S/C34H42N2O6/c1-6-21-20-35-11-9-22-16-30(38-2)32(40-4)18-25(22)27(35)14-24(21)15-28-26-19-33(41-5)31(39-3)17-23(26)10-12-36(28)34(37)29-8-7-13-42-29/h7-8,13,16-19,21,24,27-28H,6,9-12,14-15,20H2,1-5H3/t21-,24+,27+,28+/m0/s1. The number of carbonyl (C=O) groups is 1. The number of rotatable bonds is 8. The Morgan fingerprint density at radius 2 is 1.48 bits per heavy atom. The average molecular weight is 575 g/mol. The number of methoxy groups -OCH3 is 4. The van der Waals surface area contributed by atoms with E-state index in [0.717, 1.165) is 68.0 Å². The van der Waals surface area contributed by atoms with Gasteiger partial charge in [-0.05, 0) is 96.2 Å². The minimum atomic E-state index is -0.0924. The lowest BCUT2D eigenvalue weighted by Crippen LogP contribution is -2.47. The van der Waals surface area contributed by atoms with Crippen LogP contribution in [0.3, 0.4) is 0 Å². The molecule has 0 spiro atoms. The topological polar surface area (TPSA) is 73.6 Å². The molecule has 4 heterocycles. The highest BCUT2D eigenvalue weighted by Crippen LogP contribution is 2.49. The van der Waals surface area contributed by atoms with E-state index in [1.165, 1.54) is 16.7 Å². The van der Waals surface area contributed by atoms with E-state index in [9.17, 15) is 4.79 Å². The van der Waals surface area contributed by atoms with E-state index < -0.39 is 0 Å². The maximum Gasteiger partial charge on any atom is 0.290 e. The zero-order valence-electron chi connectivity index (χ0n) is 25.4. The third-order valence-electron chi connectivity index (χ3n) is 9.82. The molecule has 224 valence electrons. The van der Waals surface area contributed by atoms with E-state index in [0.29, 0.717) is 35.9 Å². The Morgan fingerprint density at radius 3 is 2.10 bits per heavy atom. The molecule has 42 heavy (non-hydrogen) atoms. The van der Waals surface area contributed by atoms with Crippen LogP contribution >= 0.6 is 0 Å². The molecule has 1 aromatic heterocycles. The summed E-state index contributed by atoms with van der Waals surface area (Å²) in [5.41, 5.74) is 5.05. The number of amides is 1. The second kappa shape index (κ2) is 11.9. The van der Waals surface area contributed by atoms with Crippen molar-refractivity contribution in [3.63, 3.8) is 0 Å². The monoisotopic (exact) mass is 574 g/mol. The highest BCUT2D eigenvalue weighted by atomic mass is 16.5. The molecule has 1 fully saturated rings. The first-order valence-corrected chi connectivity index (χ1v) is 15.1. The van der Waals surface area contributed by atoms with Crippen LogP contribution in [0.25, 0.3) is 0 Å². The largest absolute Gasteiger partial charge is 0.493 e. The van der Waals surface area contributed by atoms with Crippen LogP contribution in [0.4, 0.5) is 0 Å². The number of piperidine rings is 1. The van der Waals surface area contributed by atoms with Crippen LogP contribution in [-0.2, 0) is 12.8 Å². The number of fused-ring (bicyclic) bond motifs is 4. The van der Waals surface area contributed by atoms with Gasteiger partial charge in [-0.25, -0.2) is 0 Å². The van der Waals surface area contributed by atoms with E-state index in [4.69, 9.17) is 23.4 Å². The fourth-order valence-electron chi connectivity index (χ4n) is 7.61. The molecular weight excluding hydrogens is 532 g/mol. The second-order valence-electron chi connectivity index (χ2n) is 11.7. The van der Waals surface area contributed by atoms with Gasteiger partial charge in [0.25, 0.3) is 5.91 Å². The lowest BCUT2D eigenvalue weighted by Gasteiger charge is -2.49. The maximum atomic E-state index is 13.8. The van der Waals surface area contributed by atoms with Crippen molar-refractivity contribution >= 4 is 5.91 Å². The first-order valence-electron chi connectivity index (χ1n) is 15.1. The number of benzene rings is 2. The first-order chi connectivity index (χ1) is 20.5. The fourth-order valence-corrected chi connectivity index (χ4v) is 7.61. The van der Waals surface area contributed by atoms with Gasteiger partial charge in [-0.15, -0.1) is 0 Å². The molecule has 1 amide bonds. The van der Waals surface area contributed by atoms with Crippen molar-refractivity contribution in [2.75, 3.05) is 48.1 Å². The molecule has 0 radical (unpaired) electrons. The third kappa shape index (κ3) is 5.00. The molecule has 3 aliphatic heterocycles. The van der Waals surface area contributed by atoms with Gasteiger partial charge in [-0.3, -0.25) is 9.69 Å². The van der Waals surface area contributed by atoms with E-state index >= 15 is 0 Å². The van der Waals surface area contributed by atoms with Gasteiger partial charge in [-0.2, -0.15) is 0 Å². The maximum absolute atomic E-state index is 13.8. The quantitative estimate of drug-likeness (QED) is 0.322. The van der Waals surface area contributed by atoms with E-state index in [2.05, 4.69) is 36.1 Å². The van der Waals surface area contributed by atoms with Gasteiger partial charge in [0.2, 0.25) is 0 Å². The normalized spacial score (nSPS) is 23.4. The SMILES string of the molecule is CC[C@H]1CN2CCc3cc(OC)c(OC)cc3[C@H]2C[C@@H]1C[C@@H]1c2cc(OC)c(OC)cc2CCN1C(=O)c1ccco1. The Hall–Kier alpha value is -3.65. The predicted octanol–water partition coefficient (Wildman–Crippen LogP) is 6.09. The molecule has 0 N–H and O–H groups in total. The molecule has 8 nitrogen and oxygen atoms in total. The second-order valence-corrected chi connectivity index (χ2v) is 11.7. The summed E-state index contributed by atoms with van der Waals surface area (Å²) < 4.78 is 28.3. The lowest BCUT2D eigenvalue weighted by molar-refractivity contribution is 0.0278. The summed E-state index contributed by atoms with van der Waals surface area (Å²) >= 11 is 0. The summed E-state index contributed by atoms with van der Waals surface area (Å²) in [6.45, 7) is 5.03. The Balaban J connectivity index is 1.37. The summed E-state index contributed by atoms with van der Waals surface area (Å²) in [5, 5.41) is 0. The minimum Gasteiger partial charge on any atom is -0.493 e. The van der Waals surface area contributed by atoms with Crippen molar-refractivity contribution in [2.45, 2.75) is 51.1 Å². The van der Waals surface area contributed by atoms with Crippen molar-refractivity contribution in [2.24, 2.45) is 11.8 Å². The van der Waals surface area contributed by atoms with Crippen molar-refractivity contribution in [3.8, 4) is 23.0 Å². The first kappa shape index (κ1) is 28.5. The highest BCUT2D eigenvalue weighted by Gasteiger charge is 2.42. The van der Waals surface area contributed by atoms with Crippen molar-refractivity contribution in [3.05, 3.63) is 70.7 Å². The van der Waals surface area contributed by atoms with Gasteiger partial charge in [0, 0.05) is 25.7 Å². The summed E-state index contributed by atoms with van der Waals surface area (Å²) in [4.78, 5) is 18.5.